The normalized spacial score (nSPS) is 21.9. The third kappa shape index (κ3) is 5.28. The van der Waals surface area contributed by atoms with Crippen LogP contribution in [0.3, 0.4) is 0 Å². The van der Waals surface area contributed by atoms with Crippen molar-refractivity contribution in [2.45, 2.75) is 51.2 Å². The van der Waals surface area contributed by atoms with Gasteiger partial charge in [-0.1, -0.05) is 19.3 Å². The van der Waals surface area contributed by atoms with Gasteiger partial charge in [-0.15, -0.1) is 0 Å². The Morgan fingerprint density at radius 3 is 2.57 bits per heavy atom. The van der Waals surface area contributed by atoms with Gasteiger partial charge in [-0.2, -0.15) is 0 Å². The van der Waals surface area contributed by atoms with Crippen LogP contribution in [-0.4, -0.2) is 61.8 Å². The van der Waals surface area contributed by atoms with Crippen LogP contribution in [0.25, 0.3) is 0 Å². The molecule has 0 bridgehead atoms. The average Bonchev–Trinajstić information content (AvgIpc) is 2.54. The zero-order valence-corrected chi connectivity index (χ0v) is 12.8. The molecule has 1 unspecified atom stereocenters. The second-order valence-electron chi connectivity index (χ2n) is 5.80. The second kappa shape index (κ2) is 8.34. The van der Waals surface area contributed by atoms with Crippen LogP contribution in [0, 0.1) is 0 Å². The molecule has 1 saturated heterocycles. The third-order valence-electron chi connectivity index (χ3n) is 4.07. The molecule has 2 rings (SSSR count). The minimum atomic E-state index is -0.509. The van der Waals surface area contributed by atoms with Crippen molar-refractivity contribution in [2.24, 2.45) is 0 Å². The summed E-state index contributed by atoms with van der Waals surface area (Å²) >= 11 is 0. The molecule has 0 spiro atoms. The Kier molecular flexibility index (Phi) is 6.45. The maximum Gasteiger partial charge on any atom is 0.246 e. The summed E-state index contributed by atoms with van der Waals surface area (Å²) in [5.74, 6) is -0.265. The van der Waals surface area contributed by atoms with Gasteiger partial charge in [0.25, 0.3) is 0 Å². The largest absolute Gasteiger partial charge is 0.378 e. The highest BCUT2D eigenvalue weighted by Crippen LogP contribution is 2.19. The number of nitrogens with zero attached hydrogens (tertiary/aromatic N) is 1. The van der Waals surface area contributed by atoms with Gasteiger partial charge in [-0.3, -0.25) is 9.59 Å². The van der Waals surface area contributed by atoms with Crippen molar-refractivity contribution in [3.8, 4) is 0 Å². The van der Waals surface area contributed by atoms with E-state index < -0.39 is 6.04 Å². The first-order chi connectivity index (χ1) is 10.2. The minimum absolute atomic E-state index is 0.0470. The van der Waals surface area contributed by atoms with Crippen molar-refractivity contribution in [2.75, 3.05) is 32.9 Å². The van der Waals surface area contributed by atoms with Gasteiger partial charge < -0.3 is 19.7 Å². The van der Waals surface area contributed by atoms with Crippen LogP contribution in [-0.2, 0) is 19.1 Å². The molecule has 2 fully saturated rings. The monoisotopic (exact) mass is 298 g/mol. The molecule has 1 heterocycles. The molecule has 1 N–H and O–H groups in total. The molecular weight excluding hydrogens is 272 g/mol. The average molecular weight is 298 g/mol. The van der Waals surface area contributed by atoms with Crippen molar-refractivity contribution in [3.63, 3.8) is 0 Å². The lowest BCUT2D eigenvalue weighted by molar-refractivity contribution is -0.140. The van der Waals surface area contributed by atoms with E-state index in [-0.39, 0.29) is 24.5 Å². The van der Waals surface area contributed by atoms with Crippen molar-refractivity contribution in [1.29, 1.82) is 0 Å². The summed E-state index contributed by atoms with van der Waals surface area (Å²) in [7, 11) is 0. The van der Waals surface area contributed by atoms with Crippen LogP contribution < -0.4 is 5.32 Å². The topological polar surface area (TPSA) is 67.9 Å². The zero-order chi connectivity index (χ0) is 15.1. The van der Waals surface area contributed by atoms with E-state index in [0.29, 0.717) is 26.3 Å². The fourth-order valence-electron chi connectivity index (χ4n) is 2.83. The van der Waals surface area contributed by atoms with E-state index in [4.69, 9.17) is 9.47 Å². The van der Waals surface area contributed by atoms with Crippen LogP contribution in [0.2, 0.25) is 0 Å². The maximum atomic E-state index is 12.2. The summed E-state index contributed by atoms with van der Waals surface area (Å²) in [6.07, 6.45) is 5.90. The number of rotatable bonds is 5. The number of hydrogen-bond acceptors (Lipinski definition) is 4. The standard InChI is InChI=1S/C15H26N2O4/c1-12(15(19)17-7-9-20-10-8-17)16-14(18)11-21-13-5-3-2-4-6-13/h12-13H,2-11H2,1H3,(H,16,18). The number of nitrogens with one attached hydrogen (secondary N) is 1. The summed E-state index contributed by atoms with van der Waals surface area (Å²) in [5, 5.41) is 2.72. The molecule has 0 aromatic carbocycles. The van der Waals surface area contributed by atoms with E-state index in [1.165, 1.54) is 19.3 Å². The molecule has 1 aliphatic heterocycles. The summed E-state index contributed by atoms with van der Waals surface area (Å²) in [6.45, 7) is 4.09. The summed E-state index contributed by atoms with van der Waals surface area (Å²) in [5.41, 5.74) is 0. The molecule has 2 amide bonds. The lowest BCUT2D eigenvalue weighted by Gasteiger charge is -2.29. The van der Waals surface area contributed by atoms with Gasteiger partial charge in [0.1, 0.15) is 12.6 Å². The SMILES string of the molecule is CC(NC(=O)COC1CCCCC1)C(=O)N1CCOCC1. The maximum absolute atomic E-state index is 12.2. The summed E-state index contributed by atoms with van der Waals surface area (Å²) < 4.78 is 10.8. The van der Waals surface area contributed by atoms with Crippen molar-refractivity contribution in [3.05, 3.63) is 0 Å². The van der Waals surface area contributed by atoms with E-state index in [9.17, 15) is 9.59 Å². The van der Waals surface area contributed by atoms with Gasteiger partial charge in [0.05, 0.1) is 19.3 Å². The highest BCUT2D eigenvalue weighted by atomic mass is 16.5. The number of hydrogen-bond donors (Lipinski definition) is 1. The Bertz CT molecular complexity index is 350. The number of carbonyl (C=O) groups is 2. The molecule has 0 aromatic rings. The van der Waals surface area contributed by atoms with Gasteiger partial charge in [-0.05, 0) is 19.8 Å². The molecule has 120 valence electrons. The van der Waals surface area contributed by atoms with Crippen LogP contribution in [0.5, 0.6) is 0 Å². The van der Waals surface area contributed by atoms with Gasteiger partial charge in [0, 0.05) is 13.1 Å². The second-order valence-corrected chi connectivity index (χ2v) is 5.80. The van der Waals surface area contributed by atoms with E-state index in [1.54, 1.807) is 11.8 Å². The van der Waals surface area contributed by atoms with Gasteiger partial charge in [0.15, 0.2) is 0 Å². The first kappa shape index (κ1) is 16.2. The lowest BCUT2D eigenvalue weighted by atomic mass is 9.98. The molecule has 21 heavy (non-hydrogen) atoms. The van der Waals surface area contributed by atoms with Gasteiger partial charge >= 0.3 is 0 Å². The Hall–Kier alpha value is -1.14. The lowest BCUT2D eigenvalue weighted by Crippen LogP contribution is -2.51. The number of morpholine rings is 1. The van der Waals surface area contributed by atoms with Crippen molar-refractivity contribution in [1.82, 2.24) is 10.2 Å². The highest BCUT2D eigenvalue weighted by Gasteiger charge is 2.24. The summed E-state index contributed by atoms with van der Waals surface area (Å²) in [4.78, 5) is 25.7. The predicted octanol–water partition coefficient (Wildman–Crippen LogP) is 0.699. The zero-order valence-electron chi connectivity index (χ0n) is 12.8. The molecule has 0 radical (unpaired) electrons. The molecule has 1 atom stereocenters. The van der Waals surface area contributed by atoms with Gasteiger partial charge in [-0.25, -0.2) is 0 Å². The fraction of sp³-hybridized carbons (Fsp3) is 0.867. The van der Waals surface area contributed by atoms with Crippen LogP contribution >= 0.6 is 0 Å². The predicted molar refractivity (Wildman–Crippen MR) is 77.8 cm³/mol. The Morgan fingerprint density at radius 1 is 1.24 bits per heavy atom. The smallest absolute Gasteiger partial charge is 0.246 e. The molecule has 2 aliphatic rings. The Labute approximate surface area is 126 Å². The highest BCUT2D eigenvalue weighted by molar-refractivity contribution is 5.87. The van der Waals surface area contributed by atoms with Crippen LogP contribution in [0.4, 0.5) is 0 Å². The van der Waals surface area contributed by atoms with E-state index >= 15 is 0 Å². The Morgan fingerprint density at radius 2 is 1.90 bits per heavy atom. The first-order valence-corrected chi connectivity index (χ1v) is 7.94. The van der Waals surface area contributed by atoms with Crippen molar-refractivity contribution < 1.29 is 19.1 Å². The molecule has 0 aromatic heterocycles. The number of carbonyl (C=O) groups excluding carboxylic acids is 2. The van der Waals surface area contributed by atoms with E-state index in [2.05, 4.69) is 5.32 Å². The quantitative estimate of drug-likeness (QED) is 0.811. The molecular formula is C15H26N2O4. The first-order valence-electron chi connectivity index (χ1n) is 7.94. The molecule has 1 aliphatic carbocycles. The van der Waals surface area contributed by atoms with Crippen molar-refractivity contribution >= 4 is 11.8 Å². The van der Waals surface area contributed by atoms with Gasteiger partial charge in [0.2, 0.25) is 11.8 Å². The van der Waals surface area contributed by atoms with E-state index in [1.807, 2.05) is 0 Å². The minimum Gasteiger partial charge on any atom is -0.378 e. The fourth-order valence-corrected chi connectivity index (χ4v) is 2.83. The van der Waals surface area contributed by atoms with Crippen LogP contribution in [0.15, 0.2) is 0 Å². The van der Waals surface area contributed by atoms with E-state index in [0.717, 1.165) is 12.8 Å². The molecule has 6 heteroatoms. The number of ether oxygens (including phenoxy) is 2. The van der Waals surface area contributed by atoms with Crippen LogP contribution in [0.1, 0.15) is 39.0 Å². The number of amides is 2. The summed E-state index contributed by atoms with van der Waals surface area (Å²) in [6, 6.07) is -0.509. The molecule has 1 saturated carbocycles. The third-order valence-corrected chi connectivity index (χ3v) is 4.07. The Balaban J connectivity index is 1.67. The molecule has 6 nitrogen and oxygen atoms in total.